The third-order valence-corrected chi connectivity index (χ3v) is 5.51. The lowest BCUT2D eigenvalue weighted by Crippen LogP contribution is -2.33. The summed E-state index contributed by atoms with van der Waals surface area (Å²) in [6.45, 7) is 1.09. The lowest BCUT2D eigenvalue weighted by molar-refractivity contribution is 0.0954. The summed E-state index contributed by atoms with van der Waals surface area (Å²) in [4.78, 5) is 16.0. The minimum Gasteiger partial charge on any atom is -0.351 e. The van der Waals surface area contributed by atoms with E-state index in [1.165, 1.54) is 11.5 Å². The van der Waals surface area contributed by atoms with Gasteiger partial charge in [-0.2, -0.15) is 23.5 Å². The van der Waals surface area contributed by atoms with E-state index in [4.69, 9.17) is 5.73 Å². The number of carbonyl (C=O) groups is 1. The highest BCUT2D eigenvalue weighted by atomic mass is 32.2. The van der Waals surface area contributed by atoms with Gasteiger partial charge in [0.2, 0.25) is 0 Å². The molecule has 1 saturated heterocycles. The molecule has 18 heavy (non-hydrogen) atoms. The first-order chi connectivity index (χ1) is 8.79. The normalized spacial score (nSPS) is 19.5. The first-order valence-corrected chi connectivity index (χ1v) is 8.12. The Morgan fingerprint density at radius 3 is 3.17 bits per heavy atom. The van der Waals surface area contributed by atoms with Crippen LogP contribution in [0.15, 0.2) is 18.3 Å². The van der Waals surface area contributed by atoms with Crippen LogP contribution in [0.2, 0.25) is 0 Å². The molecule has 0 aliphatic carbocycles. The number of hydrogen-bond donors (Lipinski definition) is 2. The Hall–Kier alpha value is -0.720. The van der Waals surface area contributed by atoms with Crippen LogP contribution >= 0.6 is 23.5 Å². The summed E-state index contributed by atoms with van der Waals surface area (Å²) in [6.07, 6.45) is 1.63. The van der Waals surface area contributed by atoms with Crippen LogP contribution in [0.4, 0.5) is 0 Å². The zero-order valence-corrected chi connectivity index (χ0v) is 11.7. The monoisotopic (exact) mass is 283 g/mol. The van der Waals surface area contributed by atoms with E-state index in [1.54, 1.807) is 18.3 Å². The number of carbonyl (C=O) groups excluding carboxylic acids is 1. The van der Waals surface area contributed by atoms with E-state index in [0.717, 1.165) is 18.0 Å². The molecule has 1 aliphatic rings. The van der Waals surface area contributed by atoms with Gasteiger partial charge in [-0.1, -0.05) is 0 Å². The molecule has 1 aromatic heterocycles. The maximum absolute atomic E-state index is 12.0. The highest BCUT2D eigenvalue weighted by Gasteiger charge is 2.15. The van der Waals surface area contributed by atoms with E-state index in [2.05, 4.69) is 10.3 Å². The molecule has 0 aromatic carbocycles. The summed E-state index contributed by atoms with van der Waals surface area (Å²) in [6, 6.07) is 3.47. The quantitative estimate of drug-likeness (QED) is 0.866. The fraction of sp³-hybridized carbons (Fsp3) is 0.500. The first kappa shape index (κ1) is 13.7. The second kappa shape index (κ2) is 7.01. The van der Waals surface area contributed by atoms with Crippen molar-refractivity contribution in [3.63, 3.8) is 0 Å². The molecule has 6 heteroatoms. The maximum atomic E-state index is 12.0. The molecule has 1 fully saturated rings. The highest BCUT2D eigenvalue weighted by molar-refractivity contribution is 8.06. The van der Waals surface area contributed by atoms with Gasteiger partial charge >= 0.3 is 0 Å². The van der Waals surface area contributed by atoms with Crippen LogP contribution in [0.25, 0.3) is 0 Å². The van der Waals surface area contributed by atoms with Crippen molar-refractivity contribution in [2.24, 2.45) is 5.73 Å². The van der Waals surface area contributed by atoms with Crippen LogP contribution in [-0.2, 0) is 6.54 Å². The lowest BCUT2D eigenvalue weighted by Gasteiger charge is -2.21. The van der Waals surface area contributed by atoms with Crippen LogP contribution in [0.5, 0.6) is 0 Å². The fourth-order valence-electron chi connectivity index (χ4n) is 1.69. The number of hydrogen-bond acceptors (Lipinski definition) is 5. The van der Waals surface area contributed by atoms with Crippen LogP contribution in [-0.4, -0.2) is 39.9 Å². The summed E-state index contributed by atoms with van der Waals surface area (Å²) in [5.41, 5.74) is 6.89. The van der Waals surface area contributed by atoms with Crippen molar-refractivity contribution < 1.29 is 4.79 Å². The third-order valence-electron chi connectivity index (χ3n) is 2.66. The number of thioether (sulfide) groups is 2. The van der Waals surface area contributed by atoms with Crippen molar-refractivity contribution in [2.45, 2.75) is 11.8 Å². The van der Waals surface area contributed by atoms with Crippen LogP contribution < -0.4 is 11.1 Å². The van der Waals surface area contributed by atoms with E-state index in [1.807, 2.05) is 23.5 Å². The standard InChI is InChI=1S/C12H17N3OS2/c13-6-10-5-9(1-2-14-10)12(16)15-7-11-8-17-3-4-18-11/h1-2,5,11H,3-4,6-8,13H2,(H,15,16). The lowest BCUT2D eigenvalue weighted by atomic mass is 10.2. The molecule has 3 N–H and O–H groups in total. The second-order valence-corrected chi connectivity index (χ2v) is 6.58. The Balaban J connectivity index is 1.86. The van der Waals surface area contributed by atoms with Gasteiger partial charge in [0.25, 0.3) is 5.91 Å². The van der Waals surface area contributed by atoms with Gasteiger partial charge in [-0.05, 0) is 12.1 Å². The molecule has 98 valence electrons. The van der Waals surface area contributed by atoms with E-state index >= 15 is 0 Å². The van der Waals surface area contributed by atoms with Gasteiger partial charge in [0.15, 0.2) is 0 Å². The number of amides is 1. The molecule has 0 radical (unpaired) electrons. The Morgan fingerprint density at radius 2 is 2.44 bits per heavy atom. The summed E-state index contributed by atoms with van der Waals surface area (Å²) in [5, 5.41) is 3.51. The van der Waals surface area contributed by atoms with Crippen LogP contribution in [0, 0.1) is 0 Å². The minimum atomic E-state index is -0.0386. The summed E-state index contributed by atoms with van der Waals surface area (Å²) < 4.78 is 0. The smallest absolute Gasteiger partial charge is 0.251 e. The van der Waals surface area contributed by atoms with Gasteiger partial charge in [-0.25, -0.2) is 0 Å². The van der Waals surface area contributed by atoms with Crippen LogP contribution in [0.1, 0.15) is 16.1 Å². The van der Waals surface area contributed by atoms with Crippen molar-refractivity contribution in [2.75, 3.05) is 23.8 Å². The molecule has 0 bridgehead atoms. The van der Waals surface area contributed by atoms with Crippen molar-refractivity contribution in [3.8, 4) is 0 Å². The molecule has 0 saturated carbocycles. The van der Waals surface area contributed by atoms with Gasteiger partial charge in [0, 0.05) is 47.4 Å². The zero-order chi connectivity index (χ0) is 12.8. The van der Waals surface area contributed by atoms with E-state index in [9.17, 15) is 4.79 Å². The van der Waals surface area contributed by atoms with E-state index in [0.29, 0.717) is 17.4 Å². The van der Waals surface area contributed by atoms with E-state index < -0.39 is 0 Å². The molecule has 0 spiro atoms. The Kier molecular flexibility index (Phi) is 5.34. The largest absolute Gasteiger partial charge is 0.351 e. The molecule has 1 aromatic rings. The highest BCUT2D eigenvalue weighted by Crippen LogP contribution is 2.23. The maximum Gasteiger partial charge on any atom is 0.251 e. The number of aromatic nitrogens is 1. The number of pyridine rings is 1. The number of nitrogens with one attached hydrogen (secondary N) is 1. The predicted octanol–water partition coefficient (Wildman–Crippen LogP) is 1.12. The average Bonchev–Trinajstić information content (AvgIpc) is 2.46. The zero-order valence-electron chi connectivity index (χ0n) is 10.1. The third kappa shape index (κ3) is 3.90. The van der Waals surface area contributed by atoms with Gasteiger partial charge in [0.05, 0.1) is 5.69 Å². The van der Waals surface area contributed by atoms with Gasteiger partial charge < -0.3 is 11.1 Å². The summed E-state index contributed by atoms with van der Waals surface area (Å²) in [5.74, 6) is 3.48. The molecule has 2 heterocycles. The second-order valence-electron chi connectivity index (χ2n) is 4.02. The number of nitrogens with zero attached hydrogens (tertiary/aromatic N) is 1. The molecule has 4 nitrogen and oxygen atoms in total. The summed E-state index contributed by atoms with van der Waals surface area (Å²) >= 11 is 3.90. The Bertz CT molecular complexity index is 408. The van der Waals surface area contributed by atoms with Gasteiger partial charge in [-0.3, -0.25) is 9.78 Å². The Morgan fingerprint density at radius 1 is 1.56 bits per heavy atom. The average molecular weight is 283 g/mol. The summed E-state index contributed by atoms with van der Waals surface area (Å²) in [7, 11) is 0. The van der Waals surface area contributed by atoms with Crippen molar-refractivity contribution >= 4 is 29.4 Å². The van der Waals surface area contributed by atoms with Crippen LogP contribution in [0.3, 0.4) is 0 Å². The molecular formula is C12H17N3OS2. The first-order valence-electron chi connectivity index (χ1n) is 5.92. The Labute approximate surface area is 115 Å². The fourth-order valence-corrected chi connectivity index (χ4v) is 4.31. The molecule has 2 rings (SSSR count). The molecular weight excluding hydrogens is 266 g/mol. The topological polar surface area (TPSA) is 68.0 Å². The minimum absolute atomic E-state index is 0.0386. The number of nitrogens with two attached hydrogens (primary N) is 1. The van der Waals surface area contributed by atoms with Gasteiger partial charge in [0.1, 0.15) is 0 Å². The van der Waals surface area contributed by atoms with Crippen molar-refractivity contribution in [1.29, 1.82) is 0 Å². The molecule has 1 unspecified atom stereocenters. The molecule has 1 atom stereocenters. The van der Waals surface area contributed by atoms with Crippen molar-refractivity contribution in [1.82, 2.24) is 10.3 Å². The van der Waals surface area contributed by atoms with Gasteiger partial charge in [-0.15, -0.1) is 0 Å². The molecule has 1 amide bonds. The predicted molar refractivity (Wildman–Crippen MR) is 78.0 cm³/mol. The molecule has 1 aliphatic heterocycles. The van der Waals surface area contributed by atoms with Crippen molar-refractivity contribution in [3.05, 3.63) is 29.6 Å². The number of rotatable bonds is 4. The SMILES string of the molecule is NCc1cc(C(=O)NCC2CSCCS2)ccn1. The van der Waals surface area contributed by atoms with E-state index in [-0.39, 0.29) is 5.91 Å².